The molecule has 1 saturated heterocycles. The fourth-order valence-electron chi connectivity index (χ4n) is 2.37. The summed E-state index contributed by atoms with van der Waals surface area (Å²) in [5.41, 5.74) is 5.91. The second-order valence-electron chi connectivity index (χ2n) is 5.37. The number of carbonyl (C=O) groups is 1. The molecule has 106 valence electrons. The molecule has 3 nitrogen and oxygen atoms in total. The zero-order valence-electron chi connectivity index (χ0n) is 11.8. The van der Waals surface area contributed by atoms with E-state index < -0.39 is 5.82 Å². The number of hydrogen-bond donors (Lipinski definition) is 1. The standard InChI is InChI=1S/C16H19FN2O/c1-11-9-19(10-12(11)2)16(20)14-6-5-13(4-3-7-18)15(17)8-14/h5-6,8,11-12H,7,9-10,18H2,1-2H3. The number of halogens is 1. The molecule has 2 atom stereocenters. The predicted molar refractivity (Wildman–Crippen MR) is 76.6 cm³/mol. The van der Waals surface area contributed by atoms with E-state index in [9.17, 15) is 9.18 Å². The number of hydrogen-bond acceptors (Lipinski definition) is 2. The molecule has 1 amide bonds. The highest BCUT2D eigenvalue weighted by Gasteiger charge is 2.30. The van der Waals surface area contributed by atoms with E-state index in [1.165, 1.54) is 12.1 Å². The van der Waals surface area contributed by atoms with Crippen LogP contribution < -0.4 is 5.73 Å². The minimum Gasteiger partial charge on any atom is -0.338 e. The van der Waals surface area contributed by atoms with E-state index in [4.69, 9.17) is 5.73 Å². The van der Waals surface area contributed by atoms with Crippen molar-refractivity contribution in [1.29, 1.82) is 0 Å². The van der Waals surface area contributed by atoms with Gasteiger partial charge in [-0.1, -0.05) is 25.7 Å². The van der Waals surface area contributed by atoms with Gasteiger partial charge < -0.3 is 10.6 Å². The summed E-state index contributed by atoms with van der Waals surface area (Å²) in [5, 5.41) is 0. The van der Waals surface area contributed by atoms with Crippen molar-refractivity contribution >= 4 is 5.91 Å². The number of nitrogens with two attached hydrogens (primary N) is 1. The van der Waals surface area contributed by atoms with Gasteiger partial charge in [-0.05, 0) is 30.0 Å². The molecule has 2 unspecified atom stereocenters. The van der Waals surface area contributed by atoms with Gasteiger partial charge in [0.05, 0.1) is 12.1 Å². The average Bonchev–Trinajstić information content (AvgIpc) is 2.76. The lowest BCUT2D eigenvalue weighted by atomic mass is 10.0. The van der Waals surface area contributed by atoms with Crippen molar-refractivity contribution in [1.82, 2.24) is 4.90 Å². The predicted octanol–water partition coefficient (Wildman–Crippen LogP) is 1.86. The summed E-state index contributed by atoms with van der Waals surface area (Å²) < 4.78 is 13.9. The normalized spacial score (nSPS) is 21.5. The van der Waals surface area contributed by atoms with Crippen LogP contribution in [-0.4, -0.2) is 30.4 Å². The fraction of sp³-hybridized carbons (Fsp3) is 0.438. The summed E-state index contributed by atoms with van der Waals surface area (Å²) in [7, 11) is 0. The number of rotatable bonds is 1. The summed E-state index contributed by atoms with van der Waals surface area (Å²) in [6.45, 7) is 5.91. The van der Waals surface area contributed by atoms with Crippen LogP contribution in [0.3, 0.4) is 0 Å². The van der Waals surface area contributed by atoms with E-state index in [0.29, 0.717) is 17.4 Å². The second-order valence-corrected chi connectivity index (χ2v) is 5.37. The van der Waals surface area contributed by atoms with E-state index in [1.54, 1.807) is 11.0 Å². The number of nitrogens with zero attached hydrogens (tertiary/aromatic N) is 1. The molecular weight excluding hydrogens is 255 g/mol. The molecule has 0 radical (unpaired) electrons. The van der Waals surface area contributed by atoms with E-state index in [0.717, 1.165) is 13.1 Å². The Bertz CT molecular complexity index is 564. The number of amides is 1. The molecule has 0 spiro atoms. The molecular formula is C16H19FN2O. The van der Waals surface area contributed by atoms with Gasteiger partial charge in [-0.25, -0.2) is 4.39 Å². The third-order valence-electron chi connectivity index (χ3n) is 3.82. The maximum Gasteiger partial charge on any atom is 0.253 e. The second kappa shape index (κ2) is 6.06. The van der Waals surface area contributed by atoms with Gasteiger partial charge in [0.25, 0.3) is 5.91 Å². The molecule has 1 aromatic carbocycles. The van der Waals surface area contributed by atoms with Crippen molar-refractivity contribution in [2.75, 3.05) is 19.6 Å². The summed E-state index contributed by atoms with van der Waals surface area (Å²) in [4.78, 5) is 14.1. The highest BCUT2D eigenvalue weighted by Crippen LogP contribution is 2.24. The average molecular weight is 274 g/mol. The van der Waals surface area contributed by atoms with E-state index in [1.807, 2.05) is 0 Å². The SMILES string of the molecule is CC1CN(C(=O)c2ccc(C#CCN)c(F)c2)CC1C. The highest BCUT2D eigenvalue weighted by molar-refractivity contribution is 5.94. The lowest BCUT2D eigenvalue weighted by Crippen LogP contribution is -2.28. The van der Waals surface area contributed by atoms with Crippen LogP contribution in [0.1, 0.15) is 29.8 Å². The van der Waals surface area contributed by atoms with Gasteiger partial charge in [0.2, 0.25) is 0 Å². The Morgan fingerprint density at radius 1 is 1.40 bits per heavy atom. The van der Waals surface area contributed by atoms with Crippen LogP contribution in [0, 0.1) is 29.5 Å². The first-order chi connectivity index (χ1) is 9.52. The van der Waals surface area contributed by atoms with Gasteiger partial charge in [0.15, 0.2) is 0 Å². The van der Waals surface area contributed by atoms with Gasteiger partial charge in [-0.2, -0.15) is 0 Å². The maximum atomic E-state index is 13.9. The number of carbonyl (C=O) groups excluding carboxylic acids is 1. The lowest BCUT2D eigenvalue weighted by molar-refractivity contribution is 0.0784. The third kappa shape index (κ3) is 3.00. The van der Waals surface area contributed by atoms with Gasteiger partial charge in [-0.15, -0.1) is 0 Å². The molecule has 2 rings (SSSR count). The fourth-order valence-corrected chi connectivity index (χ4v) is 2.37. The minimum absolute atomic E-state index is 0.113. The van der Waals surface area contributed by atoms with Crippen LogP contribution in [0.25, 0.3) is 0 Å². The van der Waals surface area contributed by atoms with Crippen LogP contribution in [-0.2, 0) is 0 Å². The van der Waals surface area contributed by atoms with Crippen molar-refractivity contribution in [3.8, 4) is 11.8 Å². The molecule has 20 heavy (non-hydrogen) atoms. The summed E-state index contributed by atoms with van der Waals surface area (Å²) >= 11 is 0. The molecule has 0 aliphatic carbocycles. The van der Waals surface area contributed by atoms with Crippen molar-refractivity contribution in [3.05, 3.63) is 35.1 Å². The molecule has 0 bridgehead atoms. The van der Waals surface area contributed by atoms with Gasteiger partial charge >= 0.3 is 0 Å². The van der Waals surface area contributed by atoms with E-state index >= 15 is 0 Å². The number of benzene rings is 1. The van der Waals surface area contributed by atoms with Crippen molar-refractivity contribution in [2.24, 2.45) is 17.6 Å². The third-order valence-corrected chi connectivity index (χ3v) is 3.82. The monoisotopic (exact) mass is 274 g/mol. The molecule has 0 saturated carbocycles. The van der Waals surface area contributed by atoms with Crippen LogP contribution in [0.15, 0.2) is 18.2 Å². The smallest absolute Gasteiger partial charge is 0.253 e. The zero-order valence-corrected chi connectivity index (χ0v) is 11.8. The summed E-state index contributed by atoms with van der Waals surface area (Å²) in [6.07, 6.45) is 0. The first-order valence-electron chi connectivity index (χ1n) is 6.80. The maximum absolute atomic E-state index is 13.9. The lowest BCUT2D eigenvalue weighted by Gasteiger charge is -2.16. The van der Waals surface area contributed by atoms with E-state index in [-0.39, 0.29) is 18.0 Å². The molecule has 4 heteroatoms. The summed E-state index contributed by atoms with van der Waals surface area (Å²) in [5.74, 6) is 5.63. The molecule has 0 aromatic heterocycles. The minimum atomic E-state index is -0.475. The van der Waals surface area contributed by atoms with Crippen molar-refractivity contribution < 1.29 is 9.18 Å². The van der Waals surface area contributed by atoms with Crippen LogP contribution >= 0.6 is 0 Å². The van der Waals surface area contributed by atoms with E-state index in [2.05, 4.69) is 25.7 Å². The Labute approximate surface area is 119 Å². The zero-order chi connectivity index (χ0) is 14.7. The molecule has 2 N–H and O–H groups in total. The molecule has 1 heterocycles. The first kappa shape index (κ1) is 14.5. The van der Waals surface area contributed by atoms with Gasteiger partial charge in [0, 0.05) is 18.7 Å². The molecule has 1 aromatic rings. The first-order valence-corrected chi connectivity index (χ1v) is 6.80. The van der Waals surface area contributed by atoms with Crippen LogP contribution in [0.5, 0.6) is 0 Å². The Morgan fingerprint density at radius 2 is 2.05 bits per heavy atom. The van der Waals surface area contributed by atoms with Gasteiger partial charge in [-0.3, -0.25) is 4.79 Å². The Balaban J connectivity index is 2.17. The van der Waals surface area contributed by atoms with Crippen molar-refractivity contribution in [2.45, 2.75) is 13.8 Å². The number of likely N-dealkylation sites (tertiary alicyclic amines) is 1. The van der Waals surface area contributed by atoms with Crippen molar-refractivity contribution in [3.63, 3.8) is 0 Å². The molecule has 1 fully saturated rings. The topological polar surface area (TPSA) is 46.3 Å². The summed E-state index contributed by atoms with van der Waals surface area (Å²) in [6, 6.07) is 4.42. The molecule has 1 aliphatic heterocycles. The quantitative estimate of drug-likeness (QED) is 0.795. The Hall–Kier alpha value is -1.86. The van der Waals surface area contributed by atoms with Gasteiger partial charge in [0.1, 0.15) is 5.82 Å². The molecule has 1 aliphatic rings. The highest BCUT2D eigenvalue weighted by atomic mass is 19.1. The Morgan fingerprint density at radius 3 is 2.60 bits per heavy atom. The van der Waals surface area contributed by atoms with Crippen LogP contribution in [0.4, 0.5) is 4.39 Å². The Kier molecular flexibility index (Phi) is 4.41. The van der Waals surface area contributed by atoms with Crippen LogP contribution in [0.2, 0.25) is 0 Å². The largest absolute Gasteiger partial charge is 0.338 e.